The second-order valence-corrected chi connectivity index (χ2v) is 6.54. The van der Waals surface area contributed by atoms with E-state index in [9.17, 15) is 0 Å². The van der Waals surface area contributed by atoms with Crippen molar-refractivity contribution in [2.75, 3.05) is 26.2 Å². The Hall–Kier alpha value is 1.00. The molecule has 0 unspecified atom stereocenters. The first-order chi connectivity index (χ1) is 8.91. The molecule has 0 saturated heterocycles. The second kappa shape index (κ2) is 23.0. The van der Waals surface area contributed by atoms with Crippen LogP contribution in [-0.4, -0.2) is 38.3 Å². The van der Waals surface area contributed by atoms with Crippen LogP contribution in [0.3, 0.4) is 0 Å². The highest BCUT2D eigenvalue weighted by molar-refractivity contribution is 5.86. The van der Waals surface area contributed by atoms with Crippen LogP contribution in [-0.2, 0) is 0 Å². The summed E-state index contributed by atoms with van der Waals surface area (Å²) in [6, 6.07) is 0.569. The smallest absolute Gasteiger partial charge is 0.0167 e. The molecule has 23 heavy (non-hydrogen) atoms. The highest BCUT2D eigenvalue weighted by atomic mass is 35.5. The molecule has 0 aliphatic heterocycles. The van der Waals surface area contributed by atoms with E-state index in [-0.39, 0.29) is 61.7 Å². The Kier molecular flexibility index (Phi) is 35.2. The molecule has 0 spiro atoms. The molecule has 0 bridgehead atoms. The number of nitrogens with two attached hydrogens (primary N) is 2. The number of hydrogen-bond acceptors (Lipinski definition) is 4. The quantitative estimate of drug-likeness (QED) is 0.368. The standard InChI is InChI=1S/C15H36N4.4ClH/c1-12(2)8-14(16)10-18-6-5-7-19-11-15(17)9-13(3)4;;;;/h12-15,18-19H,5-11,16-17H2,1-4H3;4*1H/t14-,15-;;;;/m0..../s1. The summed E-state index contributed by atoms with van der Waals surface area (Å²) in [5.41, 5.74) is 12.0. The first-order valence-corrected chi connectivity index (χ1v) is 7.84. The minimum absolute atomic E-state index is 0. The fraction of sp³-hybridized carbons (Fsp3) is 1.00. The van der Waals surface area contributed by atoms with Gasteiger partial charge in [-0.3, -0.25) is 0 Å². The molecule has 0 amide bonds. The van der Waals surface area contributed by atoms with E-state index in [2.05, 4.69) is 38.3 Å². The molecule has 0 aromatic heterocycles. The van der Waals surface area contributed by atoms with Gasteiger partial charge in [-0.25, -0.2) is 0 Å². The Balaban J connectivity index is -0.000000270. The fourth-order valence-electron chi connectivity index (χ4n) is 2.29. The van der Waals surface area contributed by atoms with Gasteiger partial charge in [0.15, 0.2) is 0 Å². The minimum Gasteiger partial charge on any atom is -0.327 e. The van der Waals surface area contributed by atoms with Gasteiger partial charge in [-0.15, -0.1) is 49.6 Å². The molecule has 0 heterocycles. The lowest BCUT2D eigenvalue weighted by atomic mass is 10.0. The van der Waals surface area contributed by atoms with Gasteiger partial charge in [0, 0.05) is 25.2 Å². The van der Waals surface area contributed by atoms with Crippen LogP contribution in [0.5, 0.6) is 0 Å². The highest BCUT2D eigenvalue weighted by Gasteiger charge is 2.05. The lowest BCUT2D eigenvalue weighted by Crippen LogP contribution is -2.37. The number of hydrogen-bond donors (Lipinski definition) is 4. The van der Waals surface area contributed by atoms with E-state index >= 15 is 0 Å². The van der Waals surface area contributed by atoms with Crippen molar-refractivity contribution in [1.29, 1.82) is 0 Å². The SMILES string of the molecule is CC(C)C[C@H](N)CNCCCNC[C@@H](N)CC(C)C.Cl.Cl.Cl.Cl. The topological polar surface area (TPSA) is 76.1 Å². The van der Waals surface area contributed by atoms with Gasteiger partial charge in [0.2, 0.25) is 0 Å². The van der Waals surface area contributed by atoms with Gasteiger partial charge < -0.3 is 22.1 Å². The molecular weight excluding hydrogens is 378 g/mol. The molecule has 0 aliphatic carbocycles. The van der Waals surface area contributed by atoms with Gasteiger partial charge in [-0.2, -0.15) is 0 Å². The first-order valence-electron chi connectivity index (χ1n) is 7.84. The van der Waals surface area contributed by atoms with Gasteiger partial charge >= 0.3 is 0 Å². The third-order valence-electron chi connectivity index (χ3n) is 3.07. The fourth-order valence-corrected chi connectivity index (χ4v) is 2.29. The number of halogens is 4. The summed E-state index contributed by atoms with van der Waals surface area (Å²) in [4.78, 5) is 0. The van der Waals surface area contributed by atoms with Gasteiger partial charge in [-0.05, 0) is 44.2 Å². The normalized spacial score (nSPS) is 12.5. The van der Waals surface area contributed by atoms with Gasteiger partial charge in [0.1, 0.15) is 0 Å². The predicted octanol–water partition coefficient (Wildman–Crippen LogP) is 2.99. The van der Waals surface area contributed by atoms with Crippen LogP contribution in [0.2, 0.25) is 0 Å². The molecular formula is C15H40Cl4N4. The van der Waals surface area contributed by atoms with Gasteiger partial charge in [-0.1, -0.05) is 27.7 Å². The second-order valence-electron chi connectivity index (χ2n) is 6.54. The summed E-state index contributed by atoms with van der Waals surface area (Å²) in [6.07, 6.45) is 3.31. The van der Waals surface area contributed by atoms with Crippen LogP contribution in [0.15, 0.2) is 0 Å². The van der Waals surface area contributed by atoms with Crippen LogP contribution >= 0.6 is 49.6 Å². The summed E-state index contributed by atoms with van der Waals surface area (Å²) in [6.45, 7) is 12.7. The summed E-state index contributed by atoms with van der Waals surface area (Å²) >= 11 is 0. The van der Waals surface area contributed by atoms with E-state index in [1.165, 1.54) is 0 Å². The lowest BCUT2D eigenvalue weighted by molar-refractivity contribution is 0.452. The van der Waals surface area contributed by atoms with E-state index < -0.39 is 0 Å². The molecule has 0 aromatic carbocycles. The van der Waals surface area contributed by atoms with Crippen molar-refractivity contribution in [2.45, 2.75) is 59.0 Å². The third kappa shape index (κ3) is 28.1. The van der Waals surface area contributed by atoms with Crippen molar-refractivity contribution < 1.29 is 0 Å². The Labute approximate surface area is 168 Å². The zero-order valence-corrected chi connectivity index (χ0v) is 18.3. The van der Waals surface area contributed by atoms with Crippen LogP contribution in [0.25, 0.3) is 0 Å². The van der Waals surface area contributed by atoms with E-state index in [0.29, 0.717) is 11.8 Å². The number of rotatable bonds is 12. The lowest BCUT2D eigenvalue weighted by Gasteiger charge is -2.16. The van der Waals surface area contributed by atoms with Crippen LogP contribution in [0.1, 0.15) is 47.0 Å². The predicted molar refractivity (Wildman–Crippen MR) is 114 cm³/mol. The van der Waals surface area contributed by atoms with Crippen LogP contribution < -0.4 is 22.1 Å². The Morgan fingerprint density at radius 1 is 0.652 bits per heavy atom. The summed E-state index contributed by atoms with van der Waals surface area (Å²) < 4.78 is 0. The Morgan fingerprint density at radius 3 is 1.22 bits per heavy atom. The summed E-state index contributed by atoms with van der Waals surface area (Å²) in [7, 11) is 0. The average molecular weight is 418 g/mol. The molecule has 0 saturated carbocycles. The van der Waals surface area contributed by atoms with E-state index in [0.717, 1.165) is 45.4 Å². The minimum atomic E-state index is 0. The van der Waals surface area contributed by atoms with Gasteiger partial charge in [0.25, 0.3) is 0 Å². The Morgan fingerprint density at radius 2 is 0.957 bits per heavy atom. The zero-order chi connectivity index (χ0) is 14.7. The summed E-state index contributed by atoms with van der Waals surface area (Å²) in [5, 5.41) is 6.83. The maximum atomic E-state index is 6.01. The van der Waals surface area contributed by atoms with E-state index in [1.54, 1.807) is 0 Å². The molecule has 0 fully saturated rings. The van der Waals surface area contributed by atoms with E-state index in [1.807, 2.05) is 0 Å². The average Bonchev–Trinajstić information content (AvgIpc) is 2.25. The van der Waals surface area contributed by atoms with Crippen molar-refractivity contribution in [1.82, 2.24) is 10.6 Å². The Bertz CT molecular complexity index is 190. The van der Waals surface area contributed by atoms with Crippen molar-refractivity contribution in [2.24, 2.45) is 23.3 Å². The molecule has 0 rings (SSSR count). The molecule has 2 atom stereocenters. The van der Waals surface area contributed by atoms with Crippen molar-refractivity contribution >= 4 is 49.6 Å². The molecule has 0 aliphatic rings. The molecule has 0 aromatic rings. The van der Waals surface area contributed by atoms with Crippen LogP contribution in [0.4, 0.5) is 0 Å². The first kappa shape index (κ1) is 35.2. The maximum absolute atomic E-state index is 6.01. The van der Waals surface area contributed by atoms with Crippen molar-refractivity contribution in [3.05, 3.63) is 0 Å². The molecule has 0 radical (unpaired) electrons. The summed E-state index contributed by atoms with van der Waals surface area (Å²) in [5.74, 6) is 1.36. The molecule has 4 nitrogen and oxygen atoms in total. The largest absolute Gasteiger partial charge is 0.327 e. The van der Waals surface area contributed by atoms with Crippen molar-refractivity contribution in [3.63, 3.8) is 0 Å². The highest BCUT2D eigenvalue weighted by Crippen LogP contribution is 2.02. The maximum Gasteiger partial charge on any atom is 0.0167 e. The molecule has 8 heteroatoms. The van der Waals surface area contributed by atoms with Crippen molar-refractivity contribution in [3.8, 4) is 0 Å². The van der Waals surface area contributed by atoms with Gasteiger partial charge in [0.05, 0.1) is 0 Å². The molecule has 148 valence electrons. The monoisotopic (exact) mass is 416 g/mol. The third-order valence-corrected chi connectivity index (χ3v) is 3.07. The number of nitrogens with one attached hydrogen (secondary N) is 2. The molecule has 6 N–H and O–H groups in total. The van der Waals surface area contributed by atoms with E-state index in [4.69, 9.17) is 11.5 Å². The van der Waals surface area contributed by atoms with Crippen LogP contribution in [0, 0.1) is 11.8 Å². The zero-order valence-electron chi connectivity index (χ0n) is 15.0.